The zero-order chi connectivity index (χ0) is 19.3. The Morgan fingerprint density at radius 2 is 1.68 bits per heavy atom. The van der Waals surface area contributed by atoms with Crippen LogP contribution in [0.2, 0.25) is 0 Å². The number of hydrogen-bond donors (Lipinski definition) is 0. The topological polar surface area (TPSA) is 42.7 Å². The van der Waals surface area contributed by atoms with Gasteiger partial charge in [-0.2, -0.15) is 0 Å². The van der Waals surface area contributed by atoms with E-state index in [-0.39, 0.29) is 11.7 Å². The van der Waals surface area contributed by atoms with Gasteiger partial charge >= 0.3 is 5.63 Å². The predicted octanol–water partition coefficient (Wildman–Crippen LogP) is 5.17. The molecule has 0 fully saturated rings. The molecule has 1 atom stereocenters. The monoisotopic (exact) mass is 371 g/mol. The molecule has 1 aliphatic rings. The maximum atomic E-state index is 12.4. The molecule has 0 saturated carbocycles. The molecule has 0 N–H and O–H groups in total. The summed E-state index contributed by atoms with van der Waals surface area (Å²) in [6.07, 6.45) is 0. The van der Waals surface area contributed by atoms with Crippen molar-refractivity contribution in [2.45, 2.75) is 26.4 Å². The largest absolute Gasteiger partial charge is 0.477 e. The van der Waals surface area contributed by atoms with E-state index >= 15 is 0 Å². The summed E-state index contributed by atoms with van der Waals surface area (Å²) in [4.78, 5) is 14.7. The Labute approximate surface area is 163 Å². The number of fused-ring (bicyclic) bond motifs is 4. The highest BCUT2D eigenvalue weighted by Crippen LogP contribution is 2.38. The molecule has 4 aromatic rings. The first kappa shape index (κ1) is 17.0. The molecule has 0 radical (unpaired) electrons. The third-order valence-corrected chi connectivity index (χ3v) is 5.75. The lowest BCUT2D eigenvalue weighted by Gasteiger charge is -2.34. The first-order valence-electron chi connectivity index (χ1n) is 9.53. The van der Waals surface area contributed by atoms with Gasteiger partial charge in [-0.25, -0.2) is 4.79 Å². The first-order chi connectivity index (χ1) is 13.6. The Morgan fingerprint density at radius 1 is 0.964 bits per heavy atom. The predicted molar refractivity (Wildman–Crippen MR) is 111 cm³/mol. The molecule has 2 heterocycles. The van der Waals surface area contributed by atoms with Gasteiger partial charge in [-0.1, -0.05) is 48.5 Å². The van der Waals surface area contributed by atoms with Crippen LogP contribution in [0.5, 0.6) is 5.75 Å². The van der Waals surface area contributed by atoms with Crippen molar-refractivity contribution in [2.75, 3.05) is 6.73 Å². The van der Waals surface area contributed by atoms with Gasteiger partial charge in [-0.15, -0.1) is 0 Å². The SMILES string of the molecule is Cc1c2c(cc3c1oc(=O)c1ccccc13)CN([C@@H](C)c1ccccc1)CO2. The minimum Gasteiger partial charge on any atom is -0.477 e. The molecule has 0 bridgehead atoms. The third kappa shape index (κ3) is 2.60. The standard InChI is InChI=1S/C24H21NO3/c1-15-22-18(13-25(14-27-22)16(2)17-8-4-3-5-9-17)12-21-19-10-6-7-11-20(19)24(26)28-23(15)21/h3-12,16H,13-14H2,1-2H3/t16-/m0/s1. The van der Waals surface area contributed by atoms with Gasteiger partial charge in [-0.3, -0.25) is 4.90 Å². The van der Waals surface area contributed by atoms with Crippen molar-refractivity contribution in [3.63, 3.8) is 0 Å². The number of nitrogens with zero attached hydrogens (tertiary/aromatic N) is 1. The minimum absolute atomic E-state index is 0.246. The van der Waals surface area contributed by atoms with Crippen LogP contribution in [0.4, 0.5) is 0 Å². The molecule has 4 heteroatoms. The Morgan fingerprint density at radius 3 is 2.46 bits per heavy atom. The number of benzene rings is 3. The number of hydrogen-bond acceptors (Lipinski definition) is 4. The highest BCUT2D eigenvalue weighted by molar-refractivity contribution is 6.06. The third-order valence-electron chi connectivity index (χ3n) is 5.75. The molecule has 0 aliphatic carbocycles. The molecule has 1 aromatic heterocycles. The number of ether oxygens (including phenoxy) is 1. The van der Waals surface area contributed by atoms with Crippen LogP contribution in [0, 0.1) is 6.92 Å². The molecule has 1 aliphatic heterocycles. The zero-order valence-corrected chi connectivity index (χ0v) is 15.9. The van der Waals surface area contributed by atoms with E-state index in [1.165, 1.54) is 5.56 Å². The fourth-order valence-electron chi connectivity index (χ4n) is 4.15. The summed E-state index contributed by atoms with van der Waals surface area (Å²) >= 11 is 0. The maximum absolute atomic E-state index is 12.4. The van der Waals surface area contributed by atoms with Crippen molar-refractivity contribution < 1.29 is 9.15 Å². The molecule has 0 spiro atoms. The van der Waals surface area contributed by atoms with Crippen LogP contribution in [0.25, 0.3) is 21.7 Å². The smallest absolute Gasteiger partial charge is 0.344 e. The van der Waals surface area contributed by atoms with Crippen molar-refractivity contribution >= 4 is 21.7 Å². The van der Waals surface area contributed by atoms with Crippen molar-refractivity contribution in [1.29, 1.82) is 0 Å². The van der Waals surface area contributed by atoms with E-state index < -0.39 is 0 Å². The molecule has 0 amide bonds. The van der Waals surface area contributed by atoms with Crippen molar-refractivity contribution in [3.8, 4) is 5.75 Å². The van der Waals surface area contributed by atoms with Gasteiger partial charge in [-0.05, 0) is 36.9 Å². The Balaban J connectivity index is 1.64. The maximum Gasteiger partial charge on any atom is 0.344 e. The van der Waals surface area contributed by atoms with Crippen LogP contribution >= 0.6 is 0 Å². The molecule has 3 aromatic carbocycles. The second-order valence-corrected chi connectivity index (χ2v) is 7.41. The average Bonchev–Trinajstić information content (AvgIpc) is 2.75. The van der Waals surface area contributed by atoms with E-state index in [4.69, 9.17) is 9.15 Å². The number of rotatable bonds is 2. The van der Waals surface area contributed by atoms with E-state index in [1.807, 2.05) is 37.3 Å². The molecular formula is C24H21NO3. The Bertz CT molecular complexity index is 1240. The first-order valence-corrected chi connectivity index (χ1v) is 9.53. The van der Waals surface area contributed by atoms with Crippen LogP contribution in [-0.2, 0) is 6.54 Å². The Kier molecular flexibility index (Phi) is 3.95. The van der Waals surface area contributed by atoms with Gasteiger partial charge in [0.25, 0.3) is 0 Å². The highest BCUT2D eigenvalue weighted by Gasteiger charge is 2.26. The van der Waals surface area contributed by atoms with E-state index in [0.29, 0.717) is 17.7 Å². The van der Waals surface area contributed by atoms with Crippen LogP contribution in [0.1, 0.15) is 29.7 Å². The van der Waals surface area contributed by atoms with Gasteiger partial charge in [0.2, 0.25) is 0 Å². The molecule has 28 heavy (non-hydrogen) atoms. The normalized spacial score (nSPS) is 15.4. The molecule has 4 nitrogen and oxygen atoms in total. The van der Waals surface area contributed by atoms with Crippen LogP contribution in [0.15, 0.2) is 69.9 Å². The van der Waals surface area contributed by atoms with Crippen molar-refractivity contribution in [3.05, 3.63) is 87.8 Å². The zero-order valence-electron chi connectivity index (χ0n) is 15.9. The highest BCUT2D eigenvalue weighted by atomic mass is 16.5. The fourth-order valence-corrected chi connectivity index (χ4v) is 4.15. The minimum atomic E-state index is -0.304. The summed E-state index contributed by atoms with van der Waals surface area (Å²) in [6.45, 7) is 5.46. The van der Waals surface area contributed by atoms with Gasteiger partial charge in [0.05, 0.1) is 5.39 Å². The van der Waals surface area contributed by atoms with Gasteiger partial charge in [0, 0.05) is 29.1 Å². The fraction of sp³-hybridized carbons (Fsp3) is 0.208. The van der Waals surface area contributed by atoms with Crippen LogP contribution < -0.4 is 10.4 Å². The lowest BCUT2D eigenvalue weighted by molar-refractivity contribution is 0.0613. The van der Waals surface area contributed by atoms with Gasteiger partial charge < -0.3 is 9.15 Å². The number of aryl methyl sites for hydroxylation is 1. The molecule has 0 unspecified atom stereocenters. The summed E-state index contributed by atoms with van der Waals surface area (Å²) in [7, 11) is 0. The Hall–Kier alpha value is -3.11. The summed E-state index contributed by atoms with van der Waals surface area (Å²) in [5.41, 5.74) is 3.59. The summed E-state index contributed by atoms with van der Waals surface area (Å²) in [5.74, 6) is 0.836. The molecule has 140 valence electrons. The second kappa shape index (κ2) is 6.50. The van der Waals surface area contributed by atoms with Crippen LogP contribution in [0.3, 0.4) is 0 Å². The van der Waals surface area contributed by atoms with E-state index in [2.05, 4.69) is 42.2 Å². The molecule has 0 saturated heterocycles. The summed E-state index contributed by atoms with van der Waals surface area (Å²) < 4.78 is 11.8. The van der Waals surface area contributed by atoms with E-state index in [9.17, 15) is 4.79 Å². The van der Waals surface area contributed by atoms with Gasteiger partial charge in [0.15, 0.2) is 0 Å². The van der Waals surface area contributed by atoms with E-state index in [0.717, 1.165) is 34.2 Å². The lowest BCUT2D eigenvalue weighted by Crippen LogP contribution is -2.34. The summed E-state index contributed by atoms with van der Waals surface area (Å²) in [5, 5.41) is 2.50. The summed E-state index contributed by atoms with van der Waals surface area (Å²) in [6, 6.07) is 20.4. The average molecular weight is 371 g/mol. The van der Waals surface area contributed by atoms with Crippen molar-refractivity contribution in [1.82, 2.24) is 4.90 Å². The molecule has 5 rings (SSSR count). The molecular weight excluding hydrogens is 350 g/mol. The second-order valence-electron chi connectivity index (χ2n) is 7.41. The van der Waals surface area contributed by atoms with Crippen molar-refractivity contribution in [2.24, 2.45) is 0 Å². The van der Waals surface area contributed by atoms with Gasteiger partial charge in [0.1, 0.15) is 18.1 Å². The lowest BCUT2D eigenvalue weighted by atomic mass is 9.99. The van der Waals surface area contributed by atoms with E-state index in [1.54, 1.807) is 0 Å². The van der Waals surface area contributed by atoms with Crippen LogP contribution in [-0.4, -0.2) is 11.6 Å². The quantitative estimate of drug-likeness (QED) is 0.360.